The van der Waals surface area contributed by atoms with Crippen molar-refractivity contribution in [3.8, 4) is 0 Å². The van der Waals surface area contributed by atoms with Crippen LogP contribution >= 0.6 is 0 Å². The first-order valence-electron chi connectivity index (χ1n) is 12.0. The van der Waals surface area contributed by atoms with Crippen LogP contribution in [0.15, 0.2) is 77.8 Å². The highest BCUT2D eigenvalue weighted by Crippen LogP contribution is 2.37. The Labute approximate surface area is 206 Å². The van der Waals surface area contributed by atoms with Crippen molar-refractivity contribution in [3.63, 3.8) is 0 Å². The molecule has 6 nitrogen and oxygen atoms in total. The highest BCUT2D eigenvalue weighted by Gasteiger charge is 2.36. The minimum absolute atomic E-state index is 0.163. The molecule has 1 aliphatic heterocycles. The number of aliphatic imine (C=N–C) groups is 1. The van der Waals surface area contributed by atoms with Crippen LogP contribution in [0.1, 0.15) is 46.3 Å². The molecule has 0 fully saturated rings. The summed E-state index contributed by atoms with van der Waals surface area (Å²) in [6, 6.07) is 23.2. The van der Waals surface area contributed by atoms with Crippen molar-refractivity contribution in [2.75, 3.05) is 32.6 Å². The van der Waals surface area contributed by atoms with Crippen molar-refractivity contribution in [1.29, 1.82) is 0 Å². The van der Waals surface area contributed by atoms with Gasteiger partial charge in [-0.05, 0) is 81.4 Å². The smallest absolute Gasteiger partial charge is 0.338 e. The molecule has 6 heteroatoms. The van der Waals surface area contributed by atoms with Crippen LogP contribution in [0.4, 0.5) is 11.4 Å². The van der Waals surface area contributed by atoms with Gasteiger partial charge in [0, 0.05) is 5.69 Å². The second kappa shape index (κ2) is 11.1. The summed E-state index contributed by atoms with van der Waals surface area (Å²) in [6.07, 6.45) is 2.10. The number of nitrogens with zero attached hydrogens (tertiary/aromatic N) is 2. The lowest BCUT2D eigenvalue weighted by Gasteiger charge is -2.14. The van der Waals surface area contributed by atoms with Gasteiger partial charge in [-0.3, -0.25) is 9.79 Å². The number of benzene rings is 3. The van der Waals surface area contributed by atoms with Gasteiger partial charge in [0.1, 0.15) is 5.92 Å². The molecular weight excluding hydrogens is 438 g/mol. The van der Waals surface area contributed by atoms with E-state index in [1.54, 1.807) is 19.1 Å². The van der Waals surface area contributed by atoms with Gasteiger partial charge in [-0.25, -0.2) is 4.79 Å². The minimum atomic E-state index is -0.580. The number of anilines is 1. The fourth-order valence-electron chi connectivity index (χ4n) is 4.26. The average molecular weight is 470 g/mol. The molecule has 1 amide bonds. The van der Waals surface area contributed by atoms with E-state index in [1.807, 2.05) is 48.5 Å². The molecule has 4 rings (SSSR count). The van der Waals surface area contributed by atoms with Gasteiger partial charge in [0.15, 0.2) is 0 Å². The Balaban J connectivity index is 1.67. The van der Waals surface area contributed by atoms with Crippen molar-refractivity contribution >= 4 is 29.0 Å². The highest BCUT2D eigenvalue weighted by molar-refractivity contribution is 6.24. The lowest BCUT2D eigenvalue weighted by molar-refractivity contribution is -0.115. The number of rotatable bonds is 9. The zero-order valence-electron chi connectivity index (χ0n) is 20.5. The van der Waals surface area contributed by atoms with Crippen LogP contribution in [-0.4, -0.2) is 49.7 Å². The van der Waals surface area contributed by atoms with Gasteiger partial charge in [0.05, 0.1) is 23.6 Å². The van der Waals surface area contributed by atoms with Crippen LogP contribution in [-0.2, 0) is 16.0 Å². The molecule has 1 atom stereocenters. The first kappa shape index (κ1) is 24.4. The summed E-state index contributed by atoms with van der Waals surface area (Å²) >= 11 is 0. The molecule has 1 N–H and O–H groups in total. The van der Waals surface area contributed by atoms with Gasteiger partial charge in [0.25, 0.3) is 0 Å². The summed E-state index contributed by atoms with van der Waals surface area (Å²) in [5.74, 6) is -1.15. The van der Waals surface area contributed by atoms with Crippen LogP contribution in [0.5, 0.6) is 0 Å². The molecule has 0 saturated carbocycles. The molecule has 3 aromatic carbocycles. The molecule has 3 aromatic rings. The normalized spacial score (nSPS) is 15.1. The monoisotopic (exact) mass is 469 g/mol. The lowest BCUT2D eigenvalue weighted by Crippen LogP contribution is -2.21. The summed E-state index contributed by atoms with van der Waals surface area (Å²) in [4.78, 5) is 32.5. The molecule has 1 aliphatic rings. The van der Waals surface area contributed by atoms with E-state index < -0.39 is 11.9 Å². The zero-order chi connectivity index (χ0) is 24.8. The van der Waals surface area contributed by atoms with Gasteiger partial charge in [-0.1, -0.05) is 48.5 Å². The fraction of sp³-hybridized carbons (Fsp3) is 0.276. The molecule has 0 aliphatic carbocycles. The number of amides is 1. The number of hydrogen-bond donors (Lipinski definition) is 1. The fourth-order valence-corrected chi connectivity index (χ4v) is 4.26. The van der Waals surface area contributed by atoms with Crippen LogP contribution in [0.2, 0.25) is 0 Å². The number of hydrogen-bond acceptors (Lipinski definition) is 5. The van der Waals surface area contributed by atoms with Crippen LogP contribution in [0, 0.1) is 0 Å². The van der Waals surface area contributed by atoms with Gasteiger partial charge in [0.2, 0.25) is 5.91 Å². The van der Waals surface area contributed by atoms with Gasteiger partial charge < -0.3 is 15.0 Å². The standard InChI is InChI=1S/C29H31N3O3/c1-4-35-29(34)22-14-17-24-25(19-22)31-28(33)26(24)27(21-10-6-5-7-11-21)30-23-15-12-20(13-16-23)9-8-18-32(2)3/h5-7,10-17,19,26H,4,8-9,18H2,1-3H3,(H,31,33). The third kappa shape index (κ3) is 5.84. The van der Waals surface area contributed by atoms with E-state index in [0.29, 0.717) is 23.6 Å². The summed E-state index contributed by atoms with van der Waals surface area (Å²) in [5, 5.41) is 2.93. The summed E-state index contributed by atoms with van der Waals surface area (Å²) in [5.41, 5.74) is 5.44. The Morgan fingerprint density at radius 1 is 1.00 bits per heavy atom. The Hall–Kier alpha value is -3.77. The number of nitrogens with one attached hydrogen (secondary N) is 1. The summed E-state index contributed by atoms with van der Waals surface area (Å²) < 4.78 is 5.11. The minimum Gasteiger partial charge on any atom is -0.462 e. The molecule has 1 unspecified atom stereocenters. The van der Waals surface area contributed by atoms with Crippen LogP contribution in [0.3, 0.4) is 0 Å². The van der Waals surface area contributed by atoms with E-state index in [4.69, 9.17) is 9.73 Å². The predicted octanol–water partition coefficient (Wildman–Crippen LogP) is 5.21. The predicted molar refractivity (Wildman–Crippen MR) is 140 cm³/mol. The number of esters is 1. The largest absolute Gasteiger partial charge is 0.462 e. The Morgan fingerprint density at radius 2 is 1.74 bits per heavy atom. The quantitative estimate of drug-likeness (QED) is 0.345. The SMILES string of the molecule is CCOC(=O)c1ccc2c(c1)NC(=O)C2C(=Nc1ccc(CCCN(C)C)cc1)c1ccccc1. The maximum atomic E-state index is 13.2. The number of aryl methyl sites for hydroxylation is 1. The van der Waals surface area contributed by atoms with Gasteiger partial charge in [-0.15, -0.1) is 0 Å². The Morgan fingerprint density at radius 3 is 2.43 bits per heavy atom. The van der Waals surface area contributed by atoms with Gasteiger partial charge >= 0.3 is 5.97 Å². The van der Waals surface area contributed by atoms with E-state index in [1.165, 1.54) is 5.56 Å². The summed E-state index contributed by atoms with van der Waals surface area (Å²) in [7, 11) is 4.16. The van der Waals surface area contributed by atoms with Crippen LogP contribution < -0.4 is 5.32 Å². The Kier molecular flexibility index (Phi) is 7.73. The van der Waals surface area contributed by atoms with E-state index in [9.17, 15) is 9.59 Å². The molecule has 180 valence electrons. The van der Waals surface area contributed by atoms with Gasteiger partial charge in [-0.2, -0.15) is 0 Å². The first-order chi connectivity index (χ1) is 17.0. The van der Waals surface area contributed by atoms with E-state index in [0.717, 1.165) is 36.2 Å². The molecule has 0 bridgehead atoms. The van der Waals surface area contributed by atoms with Crippen molar-refractivity contribution < 1.29 is 14.3 Å². The van der Waals surface area contributed by atoms with Crippen molar-refractivity contribution in [3.05, 3.63) is 95.1 Å². The number of ether oxygens (including phenoxy) is 1. The average Bonchev–Trinajstić information content (AvgIpc) is 3.18. The van der Waals surface area contributed by atoms with E-state index in [2.05, 4.69) is 36.4 Å². The van der Waals surface area contributed by atoms with Crippen molar-refractivity contribution in [2.24, 2.45) is 4.99 Å². The second-order valence-electron chi connectivity index (χ2n) is 8.88. The molecule has 1 heterocycles. The molecule has 0 aromatic heterocycles. The molecular formula is C29H31N3O3. The third-order valence-electron chi connectivity index (χ3n) is 6.00. The van der Waals surface area contributed by atoms with E-state index >= 15 is 0 Å². The number of carbonyl (C=O) groups is 2. The Bertz CT molecular complexity index is 1220. The lowest BCUT2D eigenvalue weighted by atomic mass is 9.90. The molecule has 0 spiro atoms. The van der Waals surface area contributed by atoms with Crippen molar-refractivity contribution in [2.45, 2.75) is 25.7 Å². The molecule has 0 saturated heterocycles. The number of carbonyl (C=O) groups excluding carboxylic acids is 2. The summed E-state index contributed by atoms with van der Waals surface area (Å²) in [6.45, 7) is 3.11. The first-order valence-corrected chi connectivity index (χ1v) is 12.0. The maximum Gasteiger partial charge on any atom is 0.338 e. The maximum absolute atomic E-state index is 13.2. The molecule has 35 heavy (non-hydrogen) atoms. The van der Waals surface area contributed by atoms with E-state index in [-0.39, 0.29) is 5.91 Å². The van der Waals surface area contributed by atoms with Crippen molar-refractivity contribution in [1.82, 2.24) is 4.90 Å². The topological polar surface area (TPSA) is 71.0 Å². The van der Waals surface area contributed by atoms with Crippen LogP contribution in [0.25, 0.3) is 0 Å². The third-order valence-corrected chi connectivity index (χ3v) is 6.00. The zero-order valence-corrected chi connectivity index (χ0v) is 20.5. The second-order valence-corrected chi connectivity index (χ2v) is 8.88. The highest BCUT2D eigenvalue weighted by atomic mass is 16.5. The molecule has 0 radical (unpaired) electrons. The number of fused-ring (bicyclic) bond motifs is 1.